The van der Waals surface area contributed by atoms with Gasteiger partial charge in [0.25, 0.3) is 0 Å². The number of unbranched alkanes of at least 4 members (excludes halogenated alkanes) is 2. The minimum atomic E-state index is -1.16. The van der Waals surface area contributed by atoms with Crippen LogP contribution in [0.2, 0.25) is 36.3 Å². The van der Waals surface area contributed by atoms with E-state index in [2.05, 4.69) is 111 Å². The number of fused-ring (bicyclic) bond motifs is 6. The fourth-order valence-electron chi connectivity index (χ4n) is 9.10. The van der Waals surface area contributed by atoms with Crippen LogP contribution < -0.4 is 24.8 Å². The summed E-state index contributed by atoms with van der Waals surface area (Å²) in [6, 6.07) is 47.9. The topological polar surface area (TPSA) is 0 Å². The molecule has 45 heavy (non-hydrogen) atoms. The zero-order valence-electron chi connectivity index (χ0n) is 27.0. The second-order valence-corrected chi connectivity index (χ2v) is 23.3. The minimum absolute atomic E-state index is 0. The van der Waals surface area contributed by atoms with Gasteiger partial charge < -0.3 is 24.8 Å². The normalized spacial score (nSPS) is 20.0. The second-order valence-electron chi connectivity index (χ2n) is 13.7. The van der Waals surface area contributed by atoms with Gasteiger partial charge >= 0.3 is 21.7 Å². The van der Waals surface area contributed by atoms with Gasteiger partial charge in [0.2, 0.25) is 0 Å². The molecule has 0 bridgehead atoms. The van der Waals surface area contributed by atoms with Crippen molar-refractivity contribution in [2.45, 2.75) is 99.7 Å². The molecule has 4 aliphatic rings. The Kier molecular flexibility index (Phi) is 12.7. The molecule has 4 aromatic rings. The summed E-state index contributed by atoms with van der Waals surface area (Å²) in [6.07, 6.45) is 8.47. The molecule has 2 atom stereocenters. The van der Waals surface area contributed by atoms with Crippen molar-refractivity contribution in [3.05, 3.63) is 119 Å². The summed E-state index contributed by atoms with van der Waals surface area (Å²) in [4.78, 5) is 0. The Morgan fingerprint density at radius 1 is 0.556 bits per heavy atom. The molecular formula is C40H46Cl2Si2Ti. The van der Waals surface area contributed by atoms with Gasteiger partial charge in [-0.05, 0) is 22.2 Å². The van der Waals surface area contributed by atoms with Crippen LogP contribution in [0.25, 0.3) is 22.3 Å². The molecule has 0 saturated carbocycles. The van der Waals surface area contributed by atoms with E-state index in [1.54, 1.807) is 11.1 Å². The van der Waals surface area contributed by atoms with E-state index in [1.165, 1.54) is 108 Å². The van der Waals surface area contributed by atoms with Gasteiger partial charge in [0.15, 0.2) is 0 Å². The largest absolute Gasteiger partial charge is 4.00 e. The van der Waals surface area contributed by atoms with Gasteiger partial charge in [-0.25, -0.2) is 0 Å². The molecule has 232 valence electrons. The Morgan fingerprint density at radius 2 is 0.933 bits per heavy atom. The van der Waals surface area contributed by atoms with Crippen LogP contribution >= 0.6 is 0 Å². The van der Waals surface area contributed by atoms with Crippen molar-refractivity contribution in [2.24, 2.45) is 0 Å². The summed E-state index contributed by atoms with van der Waals surface area (Å²) in [5.41, 5.74) is 13.7. The van der Waals surface area contributed by atoms with E-state index in [0.717, 1.165) is 11.1 Å². The van der Waals surface area contributed by atoms with Crippen LogP contribution in [-0.2, 0) is 21.7 Å². The van der Waals surface area contributed by atoms with Gasteiger partial charge in [-0.15, -0.1) is 22.3 Å². The van der Waals surface area contributed by atoms with Gasteiger partial charge in [-0.2, -0.15) is 48.5 Å². The Bertz CT molecular complexity index is 1350. The summed E-state index contributed by atoms with van der Waals surface area (Å²) in [5, 5.41) is 0. The summed E-state index contributed by atoms with van der Waals surface area (Å²) in [7, 11) is -2.33. The Balaban J connectivity index is 0.000000192. The van der Waals surface area contributed by atoms with E-state index in [0.29, 0.717) is 0 Å². The molecule has 0 nitrogen and oxygen atoms in total. The van der Waals surface area contributed by atoms with Crippen LogP contribution in [0.15, 0.2) is 84.9 Å². The minimum Gasteiger partial charge on any atom is -1.00 e. The second kappa shape index (κ2) is 15.7. The smallest absolute Gasteiger partial charge is 1.00 e. The maximum absolute atomic E-state index is 3.63. The first kappa shape index (κ1) is 36.4. The third kappa shape index (κ3) is 6.42. The molecule has 2 unspecified atom stereocenters. The summed E-state index contributed by atoms with van der Waals surface area (Å²) in [5.74, 6) is 0. The molecule has 8 rings (SSSR count). The van der Waals surface area contributed by atoms with Gasteiger partial charge in [-0.1, -0.05) is 148 Å². The quantitative estimate of drug-likeness (QED) is 0.166. The first-order valence-corrected chi connectivity index (χ1v) is 22.3. The molecule has 4 aromatic carbocycles. The SMILES string of the molecule is CCCC[Si]1(C2c3[c-]cccc3-c3ccccc32)CCC1.CCCC[Si]1(C2c3[c-]cccc3-c3ccccc32)CCC1.[Cl-].[Cl-].[Ti+4]. The van der Waals surface area contributed by atoms with E-state index in [4.69, 9.17) is 0 Å². The molecule has 2 heterocycles. The molecule has 2 fully saturated rings. The maximum Gasteiger partial charge on any atom is 4.00 e. The van der Waals surface area contributed by atoms with E-state index in [-0.39, 0.29) is 46.5 Å². The first-order valence-electron chi connectivity index (χ1n) is 16.9. The third-order valence-corrected chi connectivity index (χ3v) is 23.2. The van der Waals surface area contributed by atoms with Crippen LogP contribution in [0.3, 0.4) is 0 Å². The van der Waals surface area contributed by atoms with Gasteiger partial charge in [0.1, 0.15) is 0 Å². The van der Waals surface area contributed by atoms with Crippen molar-refractivity contribution in [3.8, 4) is 22.3 Å². The molecule has 2 aliphatic heterocycles. The molecule has 0 spiro atoms. The monoisotopic (exact) mass is 700 g/mol. The van der Waals surface area contributed by atoms with Gasteiger partial charge in [0, 0.05) is 0 Å². The molecule has 2 saturated heterocycles. The fourth-order valence-corrected chi connectivity index (χ4v) is 20.0. The third-order valence-electron chi connectivity index (χ3n) is 11.5. The number of hydrogen-bond acceptors (Lipinski definition) is 0. The van der Waals surface area contributed by atoms with Crippen LogP contribution in [-0.4, -0.2) is 16.1 Å². The van der Waals surface area contributed by atoms with Crippen molar-refractivity contribution >= 4 is 16.1 Å². The van der Waals surface area contributed by atoms with Crippen molar-refractivity contribution in [2.75, 3.05) is 0 Å². The van der Waals surface area contributed by atoms with Gasteiger partial charge in [-0.3, -0.25) is 0 Å². The molecule has 0 radical (unpaired) electrons. The molecule has 2 aliphatic carbocycles. The summed E-state index contributed by atoms with van der Waals surface area (Å²) >= 11 is 0. The first-order chi connectivity index (χ1) is 20.7. The Labute approximate surface area is 301 Å². The maximum atomic E-state index is 3.63. The number of halogens is 2. The van der Waals surface area contributed by atoms with E-state index >= 15 is 0 Å². The molecule has 0 aromatic heterocycles. The fraction of sp³-hybridized carbons (Fsp3) is 0.400. The van der Waals surface area contributed by atoms with E-state index in [1.807, 2.05) is 0 Å². The van der Waals surface area contributed by atoms with Crippen molar-refractivity contribution in [3.63, 3.8) is 0 Å². The number of rotatable bonds is 8. The number of benzene rings is 4. The van der Waals surface area contributed by atoms with Crippen molar-refractivity contribution in [1.82, 2.24) is 0 Å². The molecule has 0 N–H and O–H groups in total. The van der Waals surface area contributed by atoms with E-state index in [9.17, 15) is 0 Å². The molecular weight excluding hydrogens is 655 g/mol. The predicted octanol–water partition coefficient (Wildman–Crippen LogP) is 5.59. The van der Waals surface area contributed by atoms with Gasteiger partial charge in [0.05, 0.1) is 16.1 Å². The van der Waals surface area contributed by atoms with E-state index < -0.39 is 16.1 Å². The predicted molar refractivity (Wildman–Crippen MR) is 185 cm³/mol. The number of hydrogen-bond donors (Lipinski definition) is 0. The van der Waals surface area contributed by atoms with Crippen LogP contribution in [0.4, 0.5) is 0 Å². The Hall–Kier alpha value is -1.39. The van der Waals surface area contributed by atoms with Crippen LogP contribution in [0, 0.1) is 12.1 Å². The van der Waals surface area contributed by atoms with Crippen LogP contribution in [0.5, 0.6) is 0 Å². The standard InChI is InChI=1S/2C20H23Si.2ClH.Ti/c2*1-2-3-13-21(14-8-15-21)20-18-11-6-4-9-16(18)17-10-5-7-12-19(17)20;;;/h2*4-7,9-11,20H,2-3,8,13-15H2,1H3;2*1H;/q2*-1;;;+4/p-2. The molecule has 5 heteroatoms. The summed E-state index contributed by atoms with van der Waals surface area (Å²) < 4.78 is 0. The van der Waals surface area contributed by atoms with Crippen molar-refractivity contribution < 1.29 is 46.5 Å². The average Bonchev–Trinajstić information content (AvgIpc) is 3.51. The average molecular weight is 702 g/mol. The van der Waals surface area contributed by atoms with Crippen molar-refractivity contribution in [1.29, 1.82) is 0 Å². The zero-order chi connectivity index (χ0) is 28.6. The summed E-state index contributed by atoms with van der Waals surface area (Å²) in [6.45, 7) is 4.67. The van der Waals surface area contributed by atoms with Crippen LogP contribution in [0.1, 0.15) is 85.7 Å². The molecule has 0 amide bonds. The zero-order valence-corrected chi connectivity index (χ0v) is 32.1. The Morgan fingerprint density at radius 3 is 1.29 bits per heavy atom.